The Labute approximate surface area is 127 Å². The van der Waals surface area contributed by atoms with Gasteiger partial charge in [-0.05, 0) is 61.7 Å². The highest BCUT2D eigenvalue weighted by molar-refractivity contribution is 9.10. The lowest BCUT2D eigenvalue weighted by Crippen LogP contribution is -2.45. The van der Waals surface area contributed by atoms with Crippen molar-refractivity contribution < 1.29 is 9.53 Å². The highest BCUT2D eigenvalue weighted by Gasteiger charge is 2.25. The molecule has 1 aromatic rings. The second kappa shape index (κ2) is 6.54. The van der Waals surface area contributed by atoms with Crippen molar-refractivity contribution in [2.75, 3.05) is 5.32 Å². The number of halogens is 1. The Morgan fingerprint density at radius 2 is 2.00 bits per heavy atom. The van der Waals surface area contributed by atoms with Crippen LogP contribution in [0.15, 0.2) is 16.6 Å². The van der Waals surface area contributed by atoms with E-state index >= 15 is 0 Å². The van der Waals surface area contributed by atoms with Crippen molar-refractivity contribution in [1.29, 1.82) is 0 Å². The van der Waals surface area contributed by atoms with Crippen LogP contribution >= 0.6 is 15.9 Å². The molecule has 1 aliphatic heterocycles. The lowest BCUT2D eigenvalue weighted by atomic mass is 10.0. The zero-order valence-electron chi connectivity index (χ0n) is 11.9. The molecule has 5 nitrogen and oxygen atoms in total. The van der Waals surface area contributed by atoms with Gasteiger partial charge in [0.2, 0.25) is 0 Å². The van der Waals surface area contributed by atoms with Crippen molar-refractivity contribution in [3.63, 3.8) is 0 Å². The first-order chi connectivity index (χ1) is 9.44. The Morgan fingerprint density at radius 1 is 1.35 bits per heavy atom. The molecule has 2 N–H and O–H groups in total. The molecule has 1 saturated heterocycles. The molecule has 2 atom stereocenters. The minimum atomic E-state index is -0.217. The number of carbonyl (C=O) groups excluding carboxylic acids is 1. The Balaban J connectivity index is 1.90. The maximum Gasteiger partial charge on any atom is 0.320 e. The number of nitrogens with zero attached hydrogens (tertiary/aromatic N) is 1. The summed E-state index contributed by atoms with van der Waals surface area (Å²) in [7, 11) is 0. The molecule has 0 aromatic carbocycles. The van der Waals surface area contributed by atoms with Crippen molar-refractivity contribution >= 4 is 27.8 Å². The zero-order chi connectivity index (χ0) is 14.7. The number of pyridine rings is 1. The van der Waals surface area contributed by atoms with Crippen LogP contribution in [0, 0.1) is 6.92 Å². The van der Waals surface area contributed by atoms with Gasteiger partial charge in [0, 0.05) is 10.5 Å². The number of rotatable bonds is 2. The van der Waals surface area contributed by atoms with Crippen LogP contribution in [-0.4, -0.2) is 29.3 Å². The van der Waals surface area contributed by atoms with E-state index in [0.717, 1.165) is 23.0 Å². The molecule has 1 fully saturated rings. The average molecular weight is 342 g/mol. The molecule has 0 aliphatic carbocycles. The number of anilines is 1. The van der Waals surface area contributed by atoms with Crippen LogP contribution in [0.1, 0.15) is 32.4 Å². The van der Waals surface area contributed by atoms with Crippen LogP contribution in [0.2, 0.25) is 0 Å². The molecule has 110 valence electrons. The smallest absolute Gasteiger partial charge is 0.320 e. The Kier molecular flexibility index (Phi) is 4.99. The van der Waals surface area contributed by atoms with Crippen LogP contribution in [0.25, 0.3) is 0 Å². The van der Waals surface area contributed by atoms with Gasteiger partial charge in [0.1, 0.15) is 5.82 Å². The summed E-state index contributed by atoms with van der Waals surface area (Å²) in [6.45, 7) is 5.94. The number of ether oxygens (including phenoxy) is 1. The van der Waals surface area contributed by atoms with E-state index in [1.54, 1.807) is 6.07 Å². The molecular weight excluding hydrogens is 322 g/mol. The third-order valence-corrected chi connectivity index (χ3v) is 4.13. The Bertz CT molecular complexity index is 485. The van der Waals surface area contributed by atoms with Crippen LogP contribution in [0.4, 0.5) is 10.6 Å². The van der Waals surface area contributed by atoms with Gasteiger partial charge >= 0.3 is 6.03 Å². The minimum absolute atomic E-state index is 0.144. The molecule has 0 saturated carbocycles. The molecule has 0 radical (unpaired) electrons. The van der Waals surface area contributed by atoms with Gasteiger partial charge in [-0.25, -0.2) is 9.78 Å². The standard InChI is InChI=1S/C14H20BrN3O2/c1-8-6-11(7-9(2)20-8)17-14(19)18-13-5-4-12(15)10(3)16-13/h4-5,8-9,11H,6-7H2,1-3H3,(H2,16,17,18,19)/t8-,9-/m0/s1. The first-order valence-corrected chi connectivity index (χ1v) is 7.59. The van der Waals surface area contributed by atoms with Crippen molar-refractivity contribution in [3.05, 3.63) is 22.3 Å². The average Bonchev–Trinajstić information content (AvgIpc) is 2.32. The number of aromatic nitrogens is 1. The molecule has 1 aliphatic rings. The number of nitrogens with one attached hydrogen (secondary N) is 2. The van der Waals surface area contributed by atoms with Crippen molar-refractivity contribution in [2.24, 2.45) is 0 Å². The van der Waals surface area contributed by atoms with Gasteiger partial charge in [0.25, 0.3) is 0 Å². The Morgan fingerprint density at radius 3 is 2.60 bits per heavy atom. The lowest BCUT2D eigenvalue weighted by molar-refractivity contribution is -0.0400. The van der Waals surface area contributed by atoms with E-state index in [1.165, 1.54) is 0 Å². The monoisotopic (exact) mass is 341 g/mol. The summed E-state index contributed by atoms with van der Waals surface area (Å²) >= 11 is 3.38. The number of hydrogen-bond acceptors (Lipinski definition) is 3. The molecule has 1 aromatic heterocycles. The summed E-state index contributed by atoms with van der Waals surface area (Å²) in [5.41, 5.74) is 0.844. The number of hydrogen-bond donors (Lipinski definition) is 2. The molecule has 2 rings (SSSR count). The van der Waals surface area contributed by atoms with Gasteiger partial charge in [-0.2, -0.15) is 0 Å². The van der Waals surface area contributed by atoms with E-state index in [2.05, 4.69) is 31.5 Å². The molecular formula is C14H20BrN3O2. The SMILES string of the molecule is Cc1nc(NC(=O)NC2C[C@H](C)O[C@@H](C)C2)ccc1Br. The summed E-state index contributed by atoms with van der Waals surface area (Å²) in [6.07, 6.45) is 2.03. The molecule has 0 bridgehead atoms. The highest BCUT2D eigenvalue weighted by Crippen LogP contribution is 2.19. The fourth-order valence-electron chi connectivity index (χ4n) is 2.47. The third kappa shape index (κ3) is 4.18. The predicted octanol–water partition coefficient (Wildman–Crippen LogP) is 3.23. The van der Waals surface area contributed by atoms with E-state index in [9.17, 15) is 4.79 Å². The number of carbonyl (C=O) groups is 1. The first-order valence-electron chi connectivity index (χ1n) is 6.80. The topological polar surface area (TPSA) is 63.2 Å². The van der Waals surface area contributed by atoms with Crippen LogP contribution in [-0.2, 0) is 4.74 Å². The summed E-state index contributed by atoms with van der Waals surface area (Å²) in [5.74, 6) is 0.552. The van der Waals surface area contributed by atoms with Crippen LogP contribution < -0.4 is 10.6 Å². The molecule has 0 unspecified atom stereocenters. The van der Waals surface area contributed by atoms with Crippen LogP contribution in [0.3, 0.4) is 0 Å². The van der Waals surface area contributed by atoms with Gasteiger partial charge in [0.05, 0.1) is 17.9 Å². The van der Waals surface area contributed by atoms with Crippen LogP contribution in [0.5, 0.6) is 0 Å². The summed E-state index contributed by atoms with van der Waals surface area (Å²) < 4.78 is 6.58. The normalized spacial score (nSPS) is 26.1. The second-order valence-electron chi connectivity index (χ2n) is 5.29. The maximum absolute atomic E-state index is 12.0. The zero-order valence-corrected chi connectivity index (χ0v) is 13.5. The van der Waals surface area contributed by atoms with Crippen molar-refractivity contribution in [3.8, 4) is 0 Å². The van der Waals surface area contributed by atoms with Gasteiger partial charge in [-0.15, -0.1) is 0 Å². The van der Waals surface area contributed by atoms with Crippen molar-refractivity contribution in [2.45, 2.75) is 51.9 Å². The summed E-state index contributed by atoms with van der Waals surface area (Å²) in [4.78, 5) is 16.3. The lowest BCUT2D eigenvalue weighted by Gasteiger charge is -2.32. The third-order valence-electron chi connectivity index (χ3n) is 3.30. The van der Waals surface area contributed by atoms with E-state index < -0.39 is 0 Å². The van der Waals surface area contributed by atoms with Gasteiger partial charge in [-0.1, -0.05) is 0 Å². The molecule has 6 heteroatoms. The van der Waals surface area contributed by atoms with E-state index in [1.807, 2.05) is 26.8 Å². The van der Waals surface area contributed by atoms with E-state index in [0.29, 0.717) is 5.82 Å². The Hall–Kier alpha value is -1.14. The second-order valence-corrected chi connectivity index (χ2v) is 6.14. The van der Waals surface area contributed by atoms with Gasteiger partial charge < -0.3 is 10.1 Å². The number of aryl methyl sites for hydroxylation is 1. The summed E-state index contributed by atoms with van der Waals surface area (Å²) in [6, 6.07) is 3.57. The highest BCUT2D eigenvalue weighted by atomic mass is 79.9. The first kappa shape index (κ1) is 15.3. The van der Waals surface area contributed by atoms with Gasteiger partial charge in [-0.3, -0.25) is 5.32 Å². The van der Waals surface area contributed by atoms with Crippen molar-refractivity contribution in [1.82, 2.24) is 10.3 Å². The van der Waals surface area contributed by atoms with Gasteiger partial charge in [0.15, 0.2) is 0 Å². The summed E-state index contributed by atoms with van der Waals surface area (Å²) in [5, 5.41) is 5.74. The molecule has 2 amide bonds. The number of urea groups is 1. The molecule has 0 spiro atoms. The quantitative estimate of drug-likeness (QED) is 0.867. The fourth-order valence-corrected chi connectivity index (χ4v) is 2.70. The fraction of sp³-hybridized carbons (Fsp3) is 0.571. The molecule has 20 heavy (non-hydrogen) atoms. The minimum Gasteiger partial charge on any atom is -0.375 e. The maximum atomic E-state index is 12.0. The predicted molar refractivity (Wildman–Crippen MR) is 81.9 cm³/mol. The largest absolute Gasteiger partial charge is 0.375 e. The van der Waals surface area contributed by atoms with E-state index in [4.69, 9.17) is 4.74 Å². The molecule has 2 heterocycles. The number of amides is 2. The van der Waals surface area contributed by atoms with E-state index in [-0.39, 0.29) is 24.3 Å².